The van der Waals surface area contributed by atoms with Crippen LogP contribution >= 0.6 is 0 Å². The lowest BCUT2D eigenvalue weighted by atomic mass is 10.00. The summed E-state index contributed by atoms with van der Waals surface area (Å²) < 4.78 is 0. The van der Waals surface area contributed by atoms with Crippen molar-refractivity contribution in [1.29, 1.82) is 0 Å². The largest absolute Gasteiger partial charge is 0.481 e. The summed E-state index contributed by atoms with van der Waals surface area (Å²) in [5.74, 6) is -4.33. The molecule has 0 spiro atoms. The Balaban J connectivity index is 0. The molecule has 0 aliphatic carbocycles. The predicted molar refractivity (Wildman–Crippen MR) is 130 cm³/mol. The van der Waals surface area contributed by atoms with E-state index in [1.165, 1.54) is 83.5 Å². The van der Waals surface area contributed by atoms with Crippen LogP contribution in [0.1, 0.15) is 142 Å². The first-order valence-electron chi connectivity index (χ1n) is 13.0. The van der Waals surface area contributed by atoms with Crippen molar-refractivity contribution in [2.45, 2.75) is 142 Å². The number of carboxylic acids is 3. The molecule has 6 heteroatoms. The van der Waals surface area contributed by atoms with Crippen LogP contribution in [-0.4, -0.2) is 33.2 Å². The first-order chi connectivity index (χ1) is 15.4. The van der Waals surface area contributed by atoms with Gasteiger partial charge in [-0.15, -0.1) is 0 Å². The molecular formula is C26H50O6. The molecule has 0 rings (SSSR count). The predicted octanol–water partition coefficient (Wildman–Crippen LogP) is 7.68. The van der Waals surface area contributed by atoms with Crippen LogP contribution in [0.2, 0.25) is 0 Å². The van der Waals surface area contributed by atoms with Crippen LogP contribution in [0.4, 0.5) is 0 Å². The zero-order valence-electron chi connectivity index (χ0n) is 20.8. The second kappa shape index (κ2) is 25.7. The van der Waals surface area contributed by atoms with E-state index in [0.29, 0.717) is 12.8 Å². The van der Waals surface area contributed by atoms with Gasteiger partial charge in [0.1, 0.15) is 0 Å². The van der Waals surface area contributed by atoms with Gasteiger partial charge in [-0.2, -0.15) is 0 Å². The molecule has 0 aliphatic rings. The highest BCUT2D eigenvalue weighted by Gasteiger charge is 2.24. The summed E-state index contributed by atoms with van der Waals surface area (Å²) in [5.41, 5.74) is 0. The zero-order chi connectivity index (χ0) is 24.5. The molecular weight excluding hydrogens is 408 g/mol. The molecule has 0 bridgehead atoms. The smallest absolute Gasteiger partial charge is 0.317 e. The normalized spacial score (nSPS) is 10.6. The second-order valence-corrected chi connectivity index (χ2v) is 8.82. The summed E-state index contributed by atoms with van der Waals surface area (Å²) >= 11 is 0. The van der Waals surface area contributed by atoms with Gasteiger partial charge in [0.05, 0.1) is 0 Å². The van der Waals surface area contributed by atoms with E-state index in [0.717, 1.165) is 25.7 Å². The highest BCUT2D eigenvalue weighted by atomic mass is 16.4. The summed E-state index contributed by atoms with van der Waals surface area (Å²) in [5, 5.41) is 25.8. The minimum Gasteiger partial charge on any atom is -0.481 e. The molecule has 0 fully saturated rings. The molecule has 190 valence electrons. The fourth-order valence-corrected chi connectivity index (χ4v) is 3.60. The molecule has 0 saturated heterocycles. The van der Waals surface area contributed by atoms with Gasteiger partial charge in [0.25, 0.3) is 0 Å². The molecule has 0 aromatic rings. The molecule has 32 heavy (non-hydrogen) atoms. The SMILES string of the molecule is CCCCCCCCCCCC(=O)O.CCCCCCCCCCCC(C(=O)O)C(=O)O. The van der Waals surface area contributed by atoms with Gasteiger partial charge in [-0.1, -0.05) is 123 Å². The highest BCUT2D eigenvalue weighted by molar-refractivity contribution is 5.92. The molecule has 0 aromatic carbocycles. The summed E-state index contributed by atoms with van der Waals surface area (Å²) in [6.07, 6.45) is 22.0. The van der Waals surface area contributed by atoms with Crippen molar-refractivity contribution in [3.8, 4) is 0 Å². The van der Waals surface area contributed by atoms with Gasteiger partial charge in [0, 0.05) is 6.42 Å². The Morgan fingerprint density at radius 3 is 1.12 bits per heavy atom. The summed E-state index contributed by atoms with van der Waals surface area (Å²) in [6, 6.07) is 0. The minimum atomic E-state index is -1.23. The van der Waals surface area contributed by atoms with Crippen LogP contribution in [0.15, 0.2) is 0 Å². The Bertz CT molecular complexity index is 436. The number of carbonyl (C=O) groups is 3. The Labute approximate surface area is 196 Å². The van der Waals surface area contributed by atoms with Gasteiger partial charge in [-0.3, -0.25) is 14.4 Å². The third-order valence-electron chi connectivity index (χ3n) is 5.69. The summed E-state index contributed by atoms with van der Waals surface area (Å²) in [4.78, 5) is 31.5. The minimum absolute atomic E-state index is 0.250. The summed E-state index contributed by atoms with van der Waals surface area (Å²) in [6.45, 7) is 4.42. The third kappa shape index (κ3) is 26.4. The Morgan fingerprint density at radius 2 is 0.812 bits per heavy atom. The number of unbranched alkanes of at least 4 members (excludes halogenated alkanes) is 16. The van der Waals surface area contributed by atoms with Crippen molar-refractivity contribution >= 4 is 17.9 Å². The van der Waals surface area contributed by atoms with Gasteiger partial charge in [0.2, 0.25) is 0 Å². The zero-order valence-corrected chi connectivity index (χ0v) is 20.8. The molecule has 0 aliphatic heterocycles. The maximum atomic E-state index is 10.6. The van der Waals surface area contributed by atoms with E-state index < -0.39 is 23.8 Å². The van der Waals surface area contributed by atoms with Gasteiger partial charge in [0.15, 0.2) is 5.92 Å². The number of hydrogen-bond acceptors (Lipinski definition) is 3. The van der Waals surface area contributed by atoms with Crippen LogP contribution in [0.5, 0.6) is 0 Å². The van der Waals surface area contributed by atoms with Crippen LogP contribution in [0.3, 0.4) is 0 Å². The average Bonchev–Trinajstić information content (AvgIpc) is 2.73. The van der Waals surface area contributed by atoms with Crippen LogP contribution in [0, 0.1) is 5.92 Å². The van der Waals surface area contributed by atoms with E-state index >= 15 is 0 Å². The van der Waals surface area contributed by atoms with Crippen molar-refractivity contribution < 1.29 is 29.7 Å². The molecule has 0 amide bonds. The first-order valence-corrected chi connectivity index (χ1v) is 13.0. The fraction of sp³-hybridized carbons (Fsp3) is 0.885. The number of carboxylic acid groups (broad SMARTS) is 3. The third-order valence-corrected chi connectivity index (χ3v) is 5.69. The number of aliphatic carboxylic acids is 3. The Kier molecular flexibility index (Phi) is 26.1. The number of hydrogen-bond donors (Lipinski definition) is 3. The van der Waals surface area contributed by atoms with Crippen molar-refractivity contribution in [3.63, 3.8) is 0 Å². The monoisotopic (exact) mass is 458 g/mol. The van der Waals surface area contributed by atoms with Crippen molar-refractivity contribution in [3.05, 3.63) is 0 Å². The molecule has 6 nitrogen and oxygen atoms in total. The fourth-order valence-electron chi connectivity index (χ4n) is 3.60. The topological polar surface area (TPSA) is 112 Å². The average molecular weight is 459 g/mol. The molecule has 0 heterocycles. The highest BCUT2D eigenvalue weighted by Crippen LogP contribution is 2.14. The molecule has 0 unspecified atom stereocenters. The lowest BCUT2D eigenvalue weighted by molar-refractivity contribution is -0.154. The lowest BCUT2D eigenvalue weighted by Gasteiger charge is -2.06. The molecule has 3 N–H and O–H groups in total. The first kappa shape index (κ1) is 32.6. The van der Waals surface area contributed by atoms with E-state index in [1.54, 1.807) is 0 Å². The Morgan fingerprint density at radius 1 is 0.500 bits per heavy atom. The van der Waals surface area contributed by atoms with Crippen molar-refractivity contribution in [2.75, 3.05) is 0 Å². The van der Waals surface area contributed by atoms with Gasteiger partial charge < -0.3 is 15.3 Å². The van der Waals surface area contributed by atoms with Gasteiger partial charge in [-0.25, -0.2) is 0 Å². The van der Waals surface area contributed by atoms with Crippen LogP contribution in [0.25, 0.3) is 0 Å². The molecule has 0 saturated carbocycles. The Hall–Kier alpha value is -1.59. The van der Waals surface area contributed by atoms with Crippen molar-refractivity contribution in [1.82, 2.24) is 0 Å². The summed E-state index contributed by atoms with van der Waals surface area (Å²) in [7, 11) is 0. The maximum Gasteiger partial charge on any atom is 0.317 e. The van der Waals surface area contributed by atoms with Crippen LogP contribution < -0.4 is 0 Å². The molecule has 0 radical (unpaired) electrons. The van der Waals surface area contributed by atoms with Crippen LogP contribution in [-0.2, 0) is 14.4 Å². The van der Waals surface area contributed by atoms with E-state index in [1.807, 2.05) is 0 Å². The van der Waals surface area contributed by atoms with E-state index in [2.05, 4.69) is 13.8 Å². The number of rotatable bonds is 22. The van der Waals surface area contributed by atoms with E-state index in [4.69, 9.17) is 15.3 Å². The second-order valence-electron chi connectivity index (χ2n) is 8.82. The van der Waals surface area contributed by atoms with E-state index in [9.17, 15) is 14.4 Å². The maximum absolute atomic E-state index is 10.6. The molecule has 0 atom stereocenters. The van der Waals surface area contributed by atoms with E-state index in [-0.39, 0.29) is 6.42 Å². The lowest BCUT2D eigenvalue weighted by Crippen LogP contribution is -2.23. The van der Waals surface area contributed by atoms with Crippen molar-refractivity contribution in [2.24, 2.45) is 5.92 Å². The standard InChI is InChI=1S/C14H26O4.C12H24O2/c1-2-3-4-5-6-7-8-9-10-11-12(13(15)16)14(17)18;1-2-3-4-5-6-7-8-9-10-11-12(13)14/h12H,2-11H2,1H3,(H,15,16)(H,17,18);2-11H2,1H3,(H,13,14). The van der Waals surface area contributed by atoms with Gasteiger partial charge >= 0.3 is 17.9 Å². The van der Waals surface area contributed by atoms with Gasteiger partial charge in [-0.05, 0) is 12.8 Å². The quantitative estimate of drug-likeness (QED) is 0.113. The molecule has 0 aromatic heterocycles.